The molecule has 4 N–H and O–H groups in total. The van der Waals surface area contributed by atoms with Gasteiger partial charge in [0.1, 0.15) is 11.6 Å². The summed E-state index contributed by atoms with van der Waals surface area (Å²) in [5, 5.41) is 6.20. The number of benzene rings is 1. The predicted molar refractivity (Wildman–Crippen MR) is 79.8 cm³/mol. The van der Waals surface area contributed by atoms with Crippen LogP contribution in [0.15, 0.2) is 30.3 Å². The Morgan fingerprint density at radius 1 is 1.11 bits per heavy atom. The minimum atomic E-state index is 0.245. The largest absolute Gasteiger partial charge is 0.373 e. The van der Waals surface area contributed by atoms with Crippen molar-refractivity contribution in [3.63, 3.8) is 0 Å². The first-order valence-corrected chi connectivity index (χ1v) is 6.28. The van der Waals surface area contributed by atoms with Crippen LogP contribution < -0.4 is 16.4 Å². The van der Waals surface area contributed by atoms with E-state index in [1.807, 2.05) is 18.2 Å². The monoisotopic (exact) mass is 257 g/mol. The van der Waals surface area contributed by atoms with Gasteiger partial charge >= 0.3 is 0 Å². The van der Waals surface area contributed by atoms with Crippen LogP contribution >= 0.6 is 0 Å². The normalized spacial score (nSPS) is 10.5. The zero-order valence-electron chi connectivity index (χ0n) is 11.4. The van der Waals surface area contributed by atoms with Crippen LogP contribution in [0.5, 0.6) is 0 Å². The molecule has 19 heavy (non-hydrogen) atoms. The SMILES string of the molecule is CNc1cc(Nc2cccc(C(C)C)c2)nc(N)n1. The fourth-order valence-corrected chi connectivity index (χ4v) is 1.78. The Hall–Kier alpha value is -2.30. The second-order valence-corrected chi connectivity index (χ2v) is 4.65. The highest BCUT2D eigenvalue weighted by Crippen LogP contribution is 2.22. The Kier molecular flexibility index (Phi) is 3.85. The van der Waals surface area contributed by atoms with E-state index in [2.05, 4.69) is 46.6 Å². The smallest absolute Gasteiger partial charge is 0.223 e. The number of aromatic nitrogens is 2. The van der Waals surface area contributed by atoms with Crippen molar-refractivity contribution in [2.24, 2.45) is 0 Å². The van der Waals surface area contributed by atoms with Gasteiger partial charge in [-0.1, -0.05) is 26.0 Å². The topological polar surface area (TPSA) is 75.9 Å². The number of rotatable bonds is 4. The number of nitrogens with zero attached hydrogens (tertiary/aromatic N) is 2. The lowest BCUT2D eigenvalue weighted by Crippen LogP contribution is -2.03. The Balaban J connectivity index is 2.25. The molecule has 0 aliphatic heterocycles. The summed E-state index contributed by atoms with van der Waals surface area (Å²) < 4.78 is 0. The summed E-state index contributed by atoms with van der Waals surface area (Å²) in [5.74, 6) is 2.10. The van der Waals surface area contributed by atoms with E-state index in [1.165, 1.54) is 5.56 Å². The van der Waals surface area contributed by atoms with Crippen LogP contribution in [0.1, 0.15) is 25.3 Å². The zero-order chi connectivity index (χ0) is 13.8. The molecule has 0 bridgehead atoms. The van der Waals surface area contributed by atoms with Crippen LogP contribution in [0.4, 0.5) is 23.3 Å². The van der Waals surface area contributed by atoms with Gasteiger partial charge in [0.25, 0.3) is 0 Å². The molecule has 0 unspecified atom stereocenters. The molecule has 1 aromatic heterocycles. The van der Waals surface area contributed by atoms with Crippen molar-refractivity contribution in [1.29, 1.82) is 0 Å². The molecule has 0 spiro atoms. The quantitative estimate of drug-likeness (QED) is 0.785. The number of nitrogens with one attached hydrogen (secondary N) is 2. The lowest BCUT2D eigenvalue weighted by molar-refractivity contribution is 0.867. The second kappa shape index (κ2) is 5.56. The van der Waals surface area contributed by atoms with Crippen molar-refractivity contribution in [2.75, 3.05) is 23.4 Å². The summed E-state index contributed by atoms with van der Waals surface area (Å²) in [4.78, 5) is 8.22. The molecule has 0 fully saturated rings. The van der Waals surface area contributed by atoms with Gasteiger partial charge in [0.05, 0.1) is 0 Å². The van der Waals surface area contributed by atoms with E-state index >= 15 is 0 Å². The van der Waals surface area contributed by atoms with E-state index < -0.39 is 0 Å². The molecule has 2 aromatic rings. The van der Waals surface area contributed by atoms with E-state index in [-0.39, 0.29) is 5.95 Å². The van der Waals surface area contributed by atoms with Crippen molar-refractivity contribution in [3.05, 3.63) is 35.9 Å². The fourth-order valence-electron chi connectivity index (χ4n) is 1.78. The third-order valence-electron chi connectivity index (χ3n) is 2.83. The van der Waals surface area contributed by atoms with Gasteiger partial charge < -0.3 is 16.4 Å². The minimum Gasteiger partial charge on any atom is -0.373 e. The standard InChI is InChI=1S/C14H19N5/c1-9(2)10-5-4-6-11(7-10)17-13-8-12(16-3)18-14(15)19-13/h4-9H,1-3H3,(H4,15,16,17,18,19). The predicted octanol–water partition coefficient (Wildman–Crippen LogP) is 2.97. The molecule has 0 amide bonds. The number of anilines is 4. The van der Waals surface area contributed by atoms with E-state index in [9.17, 15) is 0 Å². The van der Waals surface area contributed by atoms with Gasteiger partial charge in [-0.25, -0.2) is 0 Å². The van der Waals surface area contributed by atoms with E-state index in [1.54, 1.807) is 7.05 Å². The molecule has 0 aliphatic carbocycles. The van der Waals surface area contributed by atoms with Gasteiger partial charge in [-0.15, -0.1) is 0 Å². The Labute approximate surface area is 113 Å². The molecular weight excluding hydrogens is 238 g/mol. The molecule has 0 radical (unpaired) electrons. The van der Waals surface area contributed by atoms with Crippen molar-refractivity contribution in [2.45, 2.75) is 19.8 Å². The minimum absolute atomic E-state index is 0.245. The Morgan fingerprint density at radius 3 is 2.53 bits per heavy atom. The molecule has 0 saturated carbocycles. The summed E-state index contributed by atoms with van der Waals surface area (Å²) in [6.07, 6.45) is 0. The Morgan fingerprint density at radius 2 is 1.84 bits per heavy atom. The van der Waals surface area contributed by atoms with Gasteiger partial charge in [0.2, 0.25) is 5.95 Å². The molecule has 5 nitrogen and oxygen atoms in total. The van der Waals surface area contributed by atoms with Crippen LogP contribution in [-0.2, 0) is 0 Å². The van der Waals surface area contributed by atoms with Crippen LogP contribution in [0.3, 0.4) is 0 Å². The van der Waals surface area contributed by atoms with Crippen molar-refractivity contribution >= 4 is 23.3 Å². The molecule has 2 rings (SSSR count). The van der Waals surface area contributed by atoms with Crippen LogP contribution in [0.2, 0.25) is 0 Å². The number of nitrogens with two attached hydrogens (primary N) is 1. The van der Waals surface area contributed by atoms with Gasteiger partial charge in [-0.2, -0.15) is 9.97 Å². The lowest BCUT2D eigenvalue weighted by Gasteiger charge is -2.11. The molecular formula is C14H19N5. The van der Waals surface area contributed by atoms with Crippen LogP contribution in [0.25, 0.3) is 0 Å². The summed E-state index contributed by atoms with van der Waals surface area (Å²) in [6, 6.07) is 10.1. The molecule has 0 atom stereocenters. The molecule has 0 saturated heterocycles. The second-order valence-electron chi connectivity index (χ2n) is 4.65. The van der Waals surface area contributed by atoms with Gasteiger partial charge in [0.15, 0.2) is 0 Å². The van der Waals surface area contributed by atoms with E-state index in [0.717, 1.165) is 5.69 Å². The van der Waals surface area contributed by atoms with Crippen LogP contribution in [-0.4, -0.2) is 17.0 Å². The molecule has 1 heterocycles. The third-order valence-corrected chi connectivity index (χ3v) is 2.83. The molecule has 0 aliphatic rings. The number of hydrogen-bond acceptors (Lipinski definition) is 5. The highest BCUT2D eigenvalue weighted by atomic mass is 15.1. The van der Waals surface area contributed by atoms with E-state index in [0.29, 0.717) is 17.6 Å². The molecule has 5 heteroatoms. The number of hydrogen-bond donors (Lipinski definition) is 3. The van der Waals surface area contributed by atoms with E-state index in [4.69, 9.17) is 5.73 Å². The zero-order valence-corrected chi connectivity index (χ0v) is 11.4. The lowest BCUT2D eigenvalue weighted by atomic mass is 10.0. The third kappa shape index (κ3) is 3.34. The maximum absolute atomic E-state index is 5.66. The fraction of sp³-hybridized carbons (Fsp3) is 0.286. The van der Waals surface area contributed by atoms with Crippen LogP contribution in [0, 0.1) is 0 Å². The molecule has 1 aromatic carbocycles. The maximum atomic E-state index is 5.66. The average Bonchev–Trinajstić information content (AvgIpc) is 2.38. The molecule has 100 valence electrons. The van der Waals surface area contributed by atoms with Crippen molar-refractivity contribution < 1.29 is 0 Å². The highest BCUT2D eigenvalue weighted by Gasteiger charge is 2.04. The van der Waals surface area contributed by atoms with Gasteiger partial charge in [-0.05, 0) is 23.6 Å². The first kappa shape index (κ1) is 13.1. The summed E-state index contributed by atoms with van der Waals surface area (Å²) in [7, 11) is 1.80. The summed E-state index contributed by atoms with van der Waals surface area (Å²) in [6.45, 7) is 4.34. The van der Waals surface area contributed by atoms with Crippen molar-refractivity contribution in [1.82, 2.24) is 9.97 Å². The van der Waals surface area contributed by atoms with Crippen molar-refractivity contribution in [3.8, 4) is 0 Å². The van der Waals surface area contributed by atoms with Gasteiger partial charge in [-0.3, -0.25) is 0 Å². The number of nitrogen functional groups attached to an aromatic ring is 1. The first-order chi connectivity index (χ1) is 9.08. The maximum Gasteiger partial charge on any atom is 0.223 e. The first-order valence-electron chi connectivity index (χ1n) is 6.28. The summed E-state index contributed by atoms with van der Waals surface area (Å²) >= 11 is 0. The average molecular weight is 257 g/mol. The highest BCUT2D eigenvalue weighted by molar-refractivity contribution is 5.61. The summed E-state index contributed by atoms with van der Waals surface area (Å²) in [5.41, 5.74) is 7.94. The Bertz CT molecular complexity index is 566. The van der Waals surface area contributed by atoms with Gasteiger partial charge in [0, 0.05) is 18.8 Å².